The van der Waals surface area contributed by atoms with Crippen molar-refractivity contribution in [1.29, 1.82) is 5.26 Å². The molecule has 0 aromatic heterocycles. The Bertz CT molecular complexity index is 531. The molecule has 2 N–H and O–H groups in total. The molecule has 4 nitrogen and oxygen atoms in total. The number of carbonyl (C=O) groups is 1. The molecular weight excluding hydrogens is 286 g/mol. The van der Waals surface area contributed by atoms with E-state index in [0.717, 1.165) is 13.1 Å². The fraction of sp³-hybridized carbons (Fsp3) is 0.500. The van der Waals surface area contributed by atoms with Gasteiger partial charge < -0.3 is 10.2 Å². The minimum absolute atomic E-state index is 0.0515. The summed E-state index contributed by atoms with van der Waals surface area (Å²) in [7, 11) is 0. The van der Waals surface area contributed by atoms with Crippen molar-refractivity contribution in [2.45, 2.75) is 32.1 Å². The van der Waals surface area contributed by atoms with Crippen LogP contribution in [0.3, 0.4) is 0 Å². The molecule has 1 aliphatic heterocycles. The Kier molecular flexibility index (Phi) is 6.04. The van der Waals surface area contributed by atoms with Crippen LogP contribution in [0, 0.1) is 11.3 Å². The Morgan fingerprint density at radius 1 is 1.24 bits per heavy atom. The lowest BCUT2D eigenvalue weighted by atomic mass is 10.1. The first-order valence-corrected chi connectivity index (χ1v) is 7.90. The molecule has 112 valence electrons. The van der Waals surface area contributed by atoms with E-state index in [1.54, 1.807) is 18.2 Å². The molecule has 5 heteroatoms. The Labute approximate surface area is 130 Å². The molecule has 1 heterocycles. The number of carbonyl (C=O) groups excluding carboxylic acids is 1. The van der Waals surface area contributed by atoms with Crippen LogP contribution >= 0.6 is 11.6 Å². The summed E-state index contributed by atoms with van der Waals surface area (Å²) in [6.07, 6.45) is 6.20. The van der Waals surface area contributed by atoms with Gasteiger partial charge in [0.05, 0.1) is 24.3 Å². The molecule has 0 radical (unpaired) electrons. The van der Waals surface area contributed by atoms with E-state index < -0.39 is 0 Å². The Hall–Kier alpha value is -1.57. The van der Waals surface area contributed by atoms with Crippen molar-refractivity contribution in [2.24, 2.45) is 0 Å². The topological polar surface area (TPSA) is 57.3 Å². The molecule has 0 aliphatic carbocycles. The lowest BCUT2D eigenvalue weighted by Crippen LogP contribution is -3.13. The highest BCUT2D eigenvalue weighted by Gasteiger charge is 2.16. The van der Waals surface area contributed by atoms with Crippen molar-refractivity contribution in [3.05, 3.63) is 28.8 Å². The van der Waals surface area contributed by atoms with Crippen LogP contribution in [0.4, 0.5) is 5.69 Å². The van der Waals surface area contributed by atoms with Crippen LogP contribution in [0.5, 0.6) is 0 Å². The fourth-order valence-electron chi connectivity index (χ4n) is 2.72. The molecule has 0 bridgehead atoms. The van der Waals surface area contributed by atoms with Gasteiger partial charge in [-0.15, -0.1) is 0 Å². The lowest BCUT2D eigenvalue weighted by molar-refractivity contribution is -0.892. The molecule has 1 aromatic rings. The first-order chi connectivity index (χ1) is 10.2. The normalized spacial score (nSPS) is 16.6. The molecule has 1 aromatic carbocycles. The second-order valence-corrected chi connectivity index (χ2v) is 5.98. The van der Waals surface area contributed by atoms with Crippen LogP contribution < -0.4 is 10.2 Å². The third-order valence-electron chi connectivity index (χ3n) is 3.85. The van der Waals surface area contributed by atoms with E-state index in [2.05, 4.69) is 11.4 Å². The van der Waals surface area contributed by atoms with Crippen LogP contribution in [0.1, 0.15) is 37.7 Å². The standard InChI is InChI=1S/C16H20ClN3O/c17-14-7-6-13(11-18)15(10-14)19-16(21)12-20-8-4-2-1-3-5-9-20/h6-7,10H,1-5,8-9,12H2,(H,19,21)/p+1. The first kappa shape index (κ1) is 15.8. The Morgan fingerprint density at radius 3 is 2.57 bits per heavy atom. The molecule has 1 fully saturated rings. The smallest absolute Gasteiger partial charge is 0.279 e. The number of anilines is 1. The predicted octanol–water partition coefficient (Wildman–Crippen LogP) is 2.00. The highest BCUT2D eigenvalue weighted by Crippen LogP contribution is 2.20. The number of halogens is 1. The van der Waals surface area contributed by atoms with Gasteiger partial charge in [-0.25, -0.2) is 0 Å². The maximum atomic E-state index is 12.2. The number of likely N-dealkylation sites (tertiary alicyclic amines) is 1. The first-order valence-electron chi connectivity index (χ1n) is 7.52. The molecule has 1 saturated heterocycles. The van der Waals surface area contributed by atoms with Gasteiger partial charge in [0.2, 0.25) is 0 Å². The minimum Gasteiger partial charge on any atom is -0.327 e. The maximum Gasteiger partial charge on any atom is 0.279 e. The number of quaternary nitrogens is 1. The van der Waals surface area contributed by atoms with E-state index in [9.17, 15) is 4.79 Å². The van der Waals surface area contributed by atoms with Crippen LogP contribution in [0.25, 0.3) is 0 Å². The average Bonchev–Trinajstić information content (AvgIpc) is 2.42. The molecular formula is C16H21ClN3O+. The van der Waals surface area contributed by atoms with Crippen molar-refractivity contribution in [2.75, 3.05) is 25.0 Å². The number of amides is 1. The van der Waals surface area contributed by atoms with Gasteiger partial charge in [-0.2, -0.15) is 5.26 Å². The van der Waals surface area contributed by atoms with Gasteiger partial charge in [-0.3, -0.25) is 4.79 Å². The summed E-state index contributed by atoms with van der Waals surface area (Å²) in [6.45, 7) is 2.56. The van der Waals surface area contributed by atoms with Gasteiger partial charge >= 0.3 is 0 Å². The number of nitriles is 1. The SMILES string of the molecule is N#Cc1ccc(Cl)cc1NC(=O)C[NH+]1CCCCCCC1. The zero-order valence-electron chi connectivity index (χ0n) is 12.1. The fourth-order valence-corrected chi connectivity index (χ4v) is 2.89. The van der Waals surface area contributed by atoms with E-state index in [4.69, 9.17) is 16.9 Å². The third kappa shape index (κ3) is 5.04. The Balaban J connectivity index is 1.95. The quantitative estimate of drug-likeness (QED) is 0.897. The molecule has 0 saturated carbocycles. The van der Waals surface area contributed by atoms with Crippen molar-refractivity contribution in [3.8, 4) is 6.07 Å². The van der Waals surface area contributed by atoms with Crippen molar-refractivity contribution < 1.29 is 9.69 Å². The number of benzene rings is 1. The van der Waals surface area contributed by atoms with E-state index >= 15 is 0 Å². The van der Waals surface area contributed by atoms with Crippen LogP contribution in [-0.4, -0.2) is 25.5 Å². The van der Waals surface area contributed by atoms with E-state index in [-0.39, 0.29) is 5.91 Å². The predicted molar refractivity (Wildman–Crippen MR) is 83.4 cm³/mol. The van der Waals surface area contributed by atoms with Gasteiger partial charge in [0.1, 0.15) is 6.07 Å². The van der Waals surface area contributed by atoms with E-state index in [1.165, 1.54) is 37.0 Å². The van der Waals surface area contributed by atoms with E-state index in [1.807, 2.05) is 0 Å². The van der Waals surface area contributed by atoms with Gasteiger partial charge in [0.25, 0.3) is 5.91 Å². The minimum atomic E-state index is -0.0515. The largest absolute Gasteiger partial charge is 0.327 e. The summed E-state index contributed by atoms with van der Waals surface area (Å²) in [4.78, 5) is 13.5. The van der Waals surface area contributed by atoms with Gasteiger partial charge in [0.15, 0.2) is 6.54 Å². The third-order valence-corrected chi connectivity index (χ3v) is 4.08. The molecule has 1 aliphatic rings. The van der Waals surface area contributed by atoms with Crippen molar-refractivity contribution >= 4 is 23.2 Å². The molecule has 0 atom stereocenters. The molecule has 2 rings (SSSR count). The summed E-state index contributed by atoms with van der Waals surface area (Å²) in [5.74, 6) is -0.0515. The second-order valence-electron chi connectivity index (χ2n) is 5.54. The zero-order valence-corrected chi connectivity index (χ0v) is 12.9. The Morgan fingerprint density at radius 2 is 1.90 bits per heavy atom. The molecule has 1 amide bonds. The lowest BCUT2D eigenvalue weighted by Gasteiger charge is -2.21. The van der Waals surface area contributed by atoms with Gasteiger partial charge in [-0.05, 0) is 43.9 Å². The highest BCUT2D eigenvalue weighted by atomic mass is 35.5. The monoisotopic (exact) mass is 306 g/mol. The number of nitrogens with one attached hydrogen (secondary N) is 2. The second kappa shape index (κ2) is 8.02. The summed E-state index contributed by atoms with van der Waals surface area (Å²) >= 11 is 5.92. The van der Waals surface area contributed by atoms with E-state index in [0.29, 0.717) is 22.8 Å². The maximum absolute atomic E-state index is 12.2. The molecule has 0 unspecified atom stereocenters. The average molecular weight is 307 g/mol. The summed E-state index contributed by atoms with van der Waals surface area (Å²) < 4.78 is 0. The highest BCUT2D eigenvalue weighted by molar-refractivity contribution is 6.31. The van der Waals surface area contributed by atoms with Crippen LogP contribution in [0.15, 0.2) is 18.2 Å². The van der Waals surface area contributed by atoms with Crippen LogP contribution in [-0.2, 0) is 4.79 Å². The summed E-state index contributed by atoms with van der Waals surface area (Å²) in [5, 5.41) is 12.4. The number of hydrogen-bond acceptors (Lipinski definition) is 2. The number of nitrogens with zero attached hydrogens (tertiary/aromatic N) is 1. The number of rotatable bonds is 3. The zero-order chi connectivity index (χ0) is 15.1. The van der Waals surface area contributed by atoms with Crippen molar-refractivity contribution in [1.82, 2.24) is 0 Å². The van der Waals surface area contributed by atoms with Gasteiger partial charge in [-0.1, -0.05) is 18.0 Å². The summed E-state index contributed by atoms with van der Waals surface area (Å²) in [6, 6.07) is 6.97. The van der Waals surface area contributed by atoms with Crippen molar-refractivity contribution in [3.63, 3.8) is 0 Å². The van der Waals surface area contributed by atoms with Gasteiger partial charge in [0, 0.05) is 5.02 Å². The molecule has 0 spiro atoms. The summed E-state index contributed by atoms with van der Waals surface area (Å²) in [5.41, 5.74) is 0.942. The van der Waals surface area contributed by atoms with Crippen LogP contribution in [0.2, 0.25) is 5.02 Å². The molecule has 21 heavy (non-hydrogen) atoms. The number of hydrogen-bond donors (Lipinski definition) is 2.